The highest BCUT2D eigenvalue weighted by Gasteiger charge is 2.23. The second-order valence-electron chi connectivity index (χ2n) is 11.3. The third-order valence-electron chi connectivity index (χ3n) is 6.29. The molecule has 0 saturated carbocycles. The van der Waals surface area contributed by atoms with Crippen LogP contribution in [0.4, 0.5) is 0 Å². The van der Waals surface area contributed by atoms with Gasteiger partial charge in [-0.25, -0.2) is 0 Å². The van der Waals surface area contributed by atoms with Crippen LogP contribution in [0.15, 0.2) is 0 Å². The quantitative estimate of drug-likeness (QED) is 0.0671. The van der Waals surface area contributed by atoms with Gasteiger partial charge in [-0.2, -0.15) is 0 Å². The van der Waals surface area contributed by atoms with Crippen molar-refractivity contribution in [2.24, 2.45) is 5.41 Å². The predicted octanol–water partition coefficient (Wildman–Crippen LogP) is 7.21. The molecule has 0 bridgehead atoms. The van der Waals surface area contributed by atoms with Gasteiger partial charge < -0.3 is 24.4 Å². The van der Waals surface area contributed by atoms with Crippen molar-refractivity contribution < 1.29 is 48.4 Å². The molecule has 0 rings (SSSR count). The van der Waals surface area contributed by atoms with Gasteiger partial charge in [-0.1, -0.05) is 77.0 Å². The van der Waals surface area contributed by atoms with E-state index in [0.29, 0.717) is 12.8 Å². The van der Waals surface area contributed by atoms with Crippen molar-refractivity contribution in [2.75, 3.05) is 13.9 Å². The molecule has 0 fully saturated rings. The van der Waals surface area contributed by atoms with Gasteiger partial charge in [-0.05, 0) is 46.5 Å². The molecule has 240 valence electrons. The monoisotopic (exact) mass is 588 g/mol. The molecule has 10 nitrogen and oxygen atoms in total. The number of carboxylic acids is 2. The maximum absolute atomic E-state index is 11.5. The topological polar surface area (TPSA) is 154 Å². The number of hydrogen-bond acceptors (Lipinski definition) is 8. The highest BCUT2D eigenvalue weighted by molar-refractivity contribution is 5.75. The summed E-state index contributed by atoms with van der Waals surface area (Å²) in [6.45, 7) is 4.93. The van der Waals surface area contributed by atoms with Crippen molar-refractivity contribution >= 4 is 29.8 Å². The standard InChI is InChI=1S/C19H34O6.C12H22O4/c1-19(2,3)18(22)25-15-24-17(21)14-12-10-8-6-5-7-9-11-13-16(20)23-4;13-11(14)9-7-5-3-1-2-4-6-8-10-12(15)16/h5-15H2,1-4H3;1-10H2,(H,13,14)(H,15,16). The molecule has 0 amide bonds. The van der Waals surface area contributed by atoms with Crippen molar-refractivity contribution in [1.82, 2.24) is 0 Å². The molecular formula is C31H56O10. The van der Waals surface area contributed by atoms with Crippen LogP contribution in [0.5, 0.6) is 0 Å². The Kier molecular flexibility index (Phi) is 27.2. The highest BCUT2D eigenvalue weighted by atomic mass is 16.7. The van der Waals surface area contributed by atoms with Gasteiger partial charge in [0.1, 0.15) is 0 Å². The predicted molar refractivity (Wildman–Crippen MR) is 156 cm³/mol. The summed E-state index contributed by atoms with van der Waals surface area (Å²) in [5, 5.41) is 16.8. The van der Waals surface area contributed by atoms with Crippen LogP contribution in [0, 0.1) is 5.41 Å². The number of rotatable bonds is 24. The fourth-order valence-corrected chi connectivity index (χ4v) is 3.75. The Labute approximate surface area is 246 Å². The van der Waals surface area contributed by atoms with Gasteiger partial charge in [0.05, 0.1) is 12.5 Å². The second-order valence-corrected chi connectivity index (χ2v) is 11.3. The Balaban J connectivity index is 0. The Morgan fingerprint density at radius 2 is 0.805 bits per heavy atom. The van der Waals surface area contributed by atoms with E-state index < -0.39 is 17.4 Å². The van der Waals surface area contributed by atoms with Crippen LogP contribution >= 0.6 is 0 Å². The maximum atomic E-state index is 11.5. The molecule has 0 unspecified atom stereocenters. The molecule has 0 heterocycles. The van der Waals surface area contributed by atoms with E-state index in [9.17, 15) is 24.0 Å². The van der Waals surface area contributed by atoms with E-state index in [1.807, 2.05) is 0 Å². The van der Waals surface area contributed by atoms with Crippen molar-refractivity contribution in [1.29, 1.82) is 0 Å². The molecule has 0 aliphatic heterocycles. The number of carbonyl (C=O) groups excluding carboxylic acids is 3. The van der Waals surface area contributed by atoms with Crippen molar-refractivity contribution in [2.45, 2.75) is 149 Å². The zero-order valence-corrected chi connectivity index (χ0v) is 26.0. The van der Waals surface area contributed by atoms with Crippen LogP contribution in [-0.4, -0.2) is 54.0 Å². The maximum Gasteiger partial charge on any atom is 0.314 e. The van der Waals surface area contributed by atoms with E-state index in [1.165, 1.54) is 7.11 Å². The summed E-state index contributed by atoms with van der Waals surface area (Å²) >= 11 is 0. The summed E-state index contributed by atoms with van der Waals surface area (Å²) < 4.78 is 14.4. The number of carbonyl (C=O) groups is 5. The first-order chi connectivity index (χ1) is 19.4. The van der Waals surface area contributed by atoms with Crippen LogP contribution in [0.1, 0.15) is 149 Å². The first-order valence-corrected chi connectivity index (χ1v) is 15.2. The van der Waals surface area contributed by atoms with Gasteiger partial charge in [0.25, 0.3) is 0 Å². The molecule has 0 atom stereocenters. The minimum atomic E-state index is -0.714. The number of unbranched alkanes of at least 4 members (excludes halogenated alkanes) is 14. The molecule has 0 aromatic rings. The smallest absolute Gasteiger partial charge is 0.314 e. The Morgan fingerprint density at radius 1 is 0.488 bits per heavy atom. The van der Waals surface area contributed by atoms with Crippen molar-refractivity contribution in [3.63, 3.8) is 0 Å². The summed E-state index contributed by atoms with van der Waals surface area (Å²) in [5.41, 5.74) is -0.592. The lowest BCUT2D eigenvalue weighted by molar-refractivity contribution is -0.173. The van der Waals surface area contributed by atoms with E-state index in [-0.39, 0.29) is 37.5 Å². The van der Waals surface area contributed by atoms with Crippen molar-refractivity contribution in [3.05, 3.63) is 0 Å². The third kappa shape index (κ3) is 33.5. The Hall–Kier alpha value is -2.65. The van der Waals surface area contributed by atoms with E-state index in [4.69, 9.17) is 19.7 Å². The molecule has 10 heteroatoms. The number of aliphatic carboxylic acids is 2. The van der Waals surface area contributed by atoms with E-state index >= 15 is 0 Å². The Bertz CT molecular complexity index is 690. The van der Waals surface area contributed by atoms with Gasteiger partial charge in [0.2, 0.25) is 6.79 Å². The summed E-state index contributed by atoms with van der Waals surface area (Å²) in [7, 11) is 1.41. The molecule has 41 heavy (non-hydrogen) atoms. The normalized spacial score (nSPS) is 10.7. The molecule has 0 aromatic heterocycles. The fourth-order valence-electron chi connectivity index (χ4n) is 3.75. The minimum Gasteiger partial charge on any atom is -0.481 e. The molecule has 0 aliphatic carbocycles. The molecule has 0 aliphatic rings. The van der Waals surface area contributed by atoms with Crippen molar-refractivity contribution in [3.8, 4) is 0 Å². The van der Waals surface area contributed by atoms with E-state index in [2.05, 4.69) is 4.74 Å². The molecule has 0 saturated heterocycles. The van der Waals surface area contributed by atoms with Gasteiger partial charge in [0, 0.05) is 25.7 Å². The summed E-state index contributed by atoms with van der Waals surface area (Å²) in [6.07, 6.45) is 17.6. The molecular weight excluding hydrogens is 532 g/mol. The number of hydrogen-bond donors (Lipinski definition) is 2. The van der Waals surface area contributed by atoms with Gasteiger partial charge in [-0.15, -0.1) is 0 Å². The van der Waals surface area contributed by atoms with E-state index in [0.717, 1.165) is 103 Å². The van der Waals surface area contributed by atoms with Crippen LogP contribution in [-0.2, 0) is 38.2 Å². The fraction of sp³-hybridized carbons (Fsp3) is 0.839. The van der Waals surface area contributed by atoms with Crippen LogP contribution < -0.4 is 0 Å². The largest absolute Gasteiger partial charge is 0.481 e. The zero-order valence-electron chi connectivity index (χ0n) is 26.0. The second kappa shape index (κ2) is 27.5. The number of methoxy groups -OCH3 is 1. The molecule has 0 spiro atoms. The first-order valence-electron chi connectivity index (χ1n) is 15.2. The lowest BCUT2D eigenvalue weighted by atomic mass is 9.98. The average molecular weight is 589 g/mol. The SMILES string of the molecule is COC(=O)CCCCCCCCCCC(=O)OCOC(=O)C(C)(C)C.O=C(O)CCCCCCCCCCC(=O)O. The van der Waals surface area contributed by atoms with E-state index in [1.54, 1.807) is 20.8 Å². The highest BCUT2D eigenvalue weighted by Crippen LogP contribution is 2.15. The van der Waals surface area contributed by atoms with Crippen LogP contribution in [0.2, 0.25) is 0 Å². The van der Waals surface area contributed by atoms with Crippen LogP contribution in [0.3, 0.4) is 0 Å². The van der Waals surface area contributed by atoms with Crippen LogP contribution in [0.25, 0.3) is 0 Å². The van der Waals surface area contributed by atoms with Gasteiger partial charge >= 0.3 is 29.8 Å². The Morgan fingerprint density at radius 3 is 1.12 bits per heavy atom. The minimum absolute atomic E-state index is 0.139. The lowest BCUT2D eigenvalue weighted by Crippen LogP contribution is -2.24. The summed E-state index contributed by atoms with van der Waals surface area (Å²) in [4.78, 5) is 54.4. The summed E-state index contributed by atoms with van der Waals surface area (Å²) in [6, 6.07) is 0. The first kappa shape index (κ1) is 40.5. The summed E-state index contributed by atoms with van der Waals surface area (Å²) in [5.74, 6) is -2.28. The number of esters is 3. The zero-order chi connectivity index (χ0) is 31.4. The number of ether oxygens (including phenoxy) is 3. The average Bonchev–Trinajstić information content (AvgIpc) is 2.90. The lowest BCUT2D eigenvalue weighted by Gasteiger charge is -2.16. The van der Waals surface area contributed by atoms with Gasteiger partial charge in [0.15, 0.2) is 0 Å². The number of carboxylic acid groups (broad SMARTS) is 2. The molecule has 2 N–H and O–H groups in total. The third-order valence-corrected chi connectivity index (χ3v) is 6.29. The molecule has 0 radical (unpaired) electrons. The van der Waals surface area contributed by atoms with Gasteiger partial charge in [-0.3, -0.25) is 24.0 Å². The molecule has 0 aromatic carbocycles.